The summed E-state index contributed by atoms with van der Waals surface area (Å²) in [6.45, 7) is 0.955. The zero-order valence-corrected chi connectivity index (χ0v) is 13.6. The first kappa shape index (κ1) is 14.1. The van der Waals surface area contributed by atoms with E-state index in [0.29, 0.717) is 16.8 Å². The summed E-state index contributed by atoms with van der Waals surface area (Å²) in [5, 5.41) is 10.7. The average molecular weight is 361 g/mol. The Hall–Kier alpha value is -0.913. The van der Waals surface area contributed by atoms with Gasteiger partial charge < -0.3 is 4.74 Å². The number of benzene rings is 1. The minimum Gasteiger partial charge on any atom is -0.376 e. The lowest BCUT2D eigenvalue weighted by Crippen LogP contribution is -2.00. The molecule has 0 N–H and O–H groups in total. The fourth-order valence-electron chi connectivity index (χ4n) is 1.25. The first-order valence-corrected chi connectivity index (χ1v) is 7.13. The van der Waals surface area contributed by atoms with Crippen LogP contribution in [0.1, 0.15) is 12.0 Å². The maximum absolute atomic E-state index is 10.7. The highest BCUT2D eigenvalue weighted by Gasteiger charge is 2.14. The van der Waals surface area contributed by atoms with Gasteiger partial charge in [0.2, 0.25) is 0 Å². The van der Waals surface area contributed by atoms with Gasteiger partial charge in [-0.25, -0.2) is 0 Å². The van der Waals surface area contributed by atoms with Crippen LogP contribution in [0.2, 0.25) is 0 Å². The van der Waals surface area contributed by atoms with Crippen molar-refractivity contribution in [2.45, 2.75) is 13.0 Å². The van der Waals surface area contributed by atoms with Crippen molar-refractivity contribution in [3.05, 3.63) is 37.4 Å². The summed E-state index contributed by atoms with van der Waals surface area (Å²) >= 11 is 1.98. The average Bonchev–Trinajstić information content (AvgIpc) is 2.30. The molecule has 0 aliphatic heterocycles. The highest BCUT2D eigenvalue weighted by atomic mass is 127. The Balaban J connectivity index is 2.61. The SMILES string of the molecule is O=[N+]([O-])c1cccc(COCCC#C[SiH3])c1I. The third-order valence-corrected chi connectivity index (χ3v) is 3.66. The molecule has 0 aliphatic carbocycles. The zero-order valence-electron chi connectivity index (χ0n) is 9.40. The van der Waals surface area contributed by atoms with Crippen LogP contribution in [0.25, 0.3) is 0 Å². The van der Waals surface area contributed by atoms with Crippen molar-refractivity contribution in [1.82, 2.24) is 0 Å². The van der Waals surface area contributed by atoms with Crippen LogP contribution < -0.4 is 0 Å². The minimum atomic E-state index is -0.377. The van der Waals surface area contributed by atoms with Crippen LogP contribution in [-0.2, 0) is 11.3 Å². The molecule has 0 atom stereocenters. The van der Waals surface area contributed by atoms with Crippen molar-refractivity contribution in [2.24, 2.45) is 0 Å². The van der Waals surface area contributed by atoms with Crippen molar-refractivity contribution in [3.8, 4) is 11.5 Å². The van der Waals surface area contributed by atoms with Gasteiger partial charge in [-0.05, 0) is 28.2 Å². The fraction of sp³-hybridized carbons (Fsp3) is 0.273. The Bertz CT molecular complexity index is 468. The van der Waals surface area contributed by atoms with Crippen molar-refractivity contribution in [2.75, 3.05) is 6.61 Å². The molecule has 6 heteroatoms. The Morgan fingerprint density at radius 2 is 2.29 bits per heavy atom. The van der Waals surface area contributed by atoms with Crippen LogP contribution in [0, 0.1) is 25.1 Å². The molecule has 4 nitrogen and oxygen atoms in total. The third-order valence-electron chi connectivity index (χ3n) is 2.06. The summed E-state index contributed by atoms with van der Waals surface area (Å²) < 4.78 is 6.07. The minimum absolute atomic E-state index is 0.131. The summed E-state index contributed by atoms with van der Waals surface area (Å²) in [6, 6.07) is 5.02. The maximum atomic E-state index is 10.7. The quantitative estimate of drug-likeness (QED) is 0.199. The number of hydrogen-bond acceptors (Lipinski definition) is 3. The molecule has 0 bridgehead atoms. The van der Waals surface area contributed by atoms with Gasteiger partial charge in [-0.15, -0.1) is 11.5 Å². The highest BCUT2D eigenvalue weighted by Crippen LogP contribution is 2.24. The Labute approximate surface area is 116 Å². The molecule has 0 fully saturated rings. The molecule has 0 aromatic heterocycles. The second-order valence-corrected chi connectivity index (χ2v) is 4.82. The molecule has 1 rings (SSSR count). The Morgan fingerprint density at radius 1 is 1.53 bits per heavy atom. The monoisotopic (exact) mass is 361 g/mol. The lowest BCUT2D eigenvalue weighted by atomic mass is 10.2. The largest absolute Gasteiger partial charge is 0.376 e. The van der Waals surface area contributed by atoms with Crippen molar-refractivity contribution in [3.63, 3.8) is 0 Å². The zero-order chi connectivity index (χ0) is 12.7. The Morgan fingerprint density at radius 3 is 2.94 bits per heavy atom. The maximum Gasteiger partial charge on any atom is 0.283 e. The van der Waals surface area contributed by atoms with Crippen LogP contribution in [0.5, 0.6) is 0 Å². The van der Waals surface area contributed by atoms with E-state index >= 15 is 0 Å². The molecule has 0 aliphatic rings. The molecule has 90 valence electrons. The number of hydrogen-bond donors (Lipinski definition) is 0. The Kier molecular flexibility index (Phi) is 6.18. The molecule has 0 saturated carbocycles. The van der Waals surface area contributed by atoms with E-state index in [1.807, 2.05) is 28.7 Å². The molecule has 0 saturated heterocycles. The predicted octanol–water partition coefficient (Wildman–Crippen LogP) is 1.43. The van der Waals surface area contributed by atoms with E-state index in [9.17, 15) is 10.1 Å². The van der Waals surface area contributed by atoms with Gasteiger partial charge in [0, 0.05) is 12.5 Å². The molecule has 17 heavy (non-hydrogen) atoms. The molecule has 0 amide bonds. The van der Waals surface area contributed by atoms with Gasteiger partial charge in [0.15, 0.2) is 0 Å². The smallest absolute Gasteiger partial charge is 0.283 e. The highest BCUT2D eigenvalue weighted by molar-refractivity contribution is 14.1. The summed E-state index contributed by atoms with van der Waals surface area (Å²) in [7, 11) is 0.885. The lowest BCUT2D eigenvalue weighted by molar-refractivity contribution is -0.385. The molecule has 0 spiro atoms. The van der Waals surface area contributed by atoms with E-state index in [1.54, 1.807) is 6.07 Å². The van der Waals surface area contributed by atoms with E-state index < -0.39 is 0 Å². The van der Waals surface area contributed by atoms with Gasteiger partial charge in [0.05, 0.1) is 31.9 Å². The van der Waals surface area contributed by atoms with Crippen molar-refractivity contribution < 1.29 is 9.66 Å². The summed E-state index contributed by atoms with van der Waals surface area (Å²) in [5.74, 6) is 2.96. The normalized spacial score (nSPS) is 9.71. The first-order valence-electron chi connectivity index (χ1n) is 5.06. The second-order valence-electron chi connectivity index (χ2n) is 3.24. The molecule has 1 aromatic carbocycles. The van der Waals surface area contributed by atoms with Gasteiger partial charge in [-0.1, -0.05) is 12.1 Å². The summed E-state index contributed by atoms with van der Waals surface area (Å²) in [6.07, 6.45) is 0.717. The molecule has 0 radical (unpaired) electrons. The summed E-state index contributed by atoms with van der Waals surface area (Å²) in [5.41, 5.74) is 3.90. The van der Waals surface area contributed by atoms with Crippen LogP contribution in [-0.4, -0.2) is 21.8 Å². The molecular weight excluding hydrogens is 349 g/mol. The fourth-order valence-corrected chi connectivity index (χ4v) is 2.21. The predicted molar refractivity (Wildman–Crippen MR) is 77.8 cm³/mol. The van der Waals surface area contributed by atoms with Crippen LogP contribution in [0.4, 0.5) is 5.69 Å². The van der Waals surface area contributed by atoms with E-state index in [1.165, 1.54) is 6.07 Å². The van der Waals surface area contributed by atoms with E-state index in [2.05, 4.69) is 11.5 Å². The lowest BCUT2D eigenvalue weighted by Gasteiger charge is -2.05. The van der Waals surface area contributed by atoms with Crippen molar-refractivity contribution >= 4 is 38.5 Å². The number of nitro benzene ring substituents is 1. The number of rotatable bonds is 5. The van der Waals surface area contributed by atoms with Crippen LogP contribution in [0.3, 0.4) is 0 Å². The van der Waals surface area contributed by atoms with Gasteiger partial charge >= 0.3 is 0 Å². The topological polar surface area (TPSA) is 52.4 Å². The standard InChI is InChI=1S/C11H12INO3Si/c12-11-9(8-16-6-1-2-7-17)4-3-5-10(11)13(14)15/h3-5H,1,6,8H2,17H3. The molecular formula is C11H12INO3Si. The van der Waals surface area contributed by atoms with E-state index in [-0.39, 0.29) is 10.6 Å². The van der Waals surface area contributed by atoms with Crippen LogP contribution in [0.15, 0.2) is 18.2 Å². The van der Waals surface area contributed by atoms with Gasteiger partial charge in [0.25, 0.3) is 5.69 Å². The van der Waals surface area contributed by atoms with E-state index in [0.717, 1.165) is 22.2 Å². The van der Waals surface area contributed by atoms with Gasteiger partial charge in [-0.2, -0.15) is 0 Å². The number of ether oxygens (including phenoxy) is 1. The first-order chi connectivity index (χ1) is 8.16. The molecule has 0 unspecified atom stereocenters. The second kappa shape index (κ2) is 7.42. The van der Waals surface area contributed by atoms with Crippen LogP contribution >= 0.6 is 22.6 Å². The van der Waals surface area contributed by atoms with E-state index in [4.69, 9.17) is 4.74 Å². The number of nitro groups is 1. The third kappa shape index (κ3) is 4.45. The number of halogens is 1. The molecule has 0 heterocycles. The summed E-state index contributed by atoms with van der Waals surface area (Å²) in [4.78, 5) is 10.4. The molecule has 1 aromatic rings. The van der Waals surface area contributed by atoms with Gasteiger partial charge in [-0.3, -0.25) is 10.1 Å². The number of nitrogens with zero attached hydrogens (tertiary/aromatic N) is 1. The van der Waals surface area contributed by atoms with Gasteiger partial charge in [0.1, 0.15) is 0 Å². The van der Waals surface area contributed by atoms with Crippen molar-refractivity contribution in [1.29, 1.82) is 0 Å².